The van der Waals surface area contributed by atoms with Gasteiger partial charge < -0.3 is 33.7 Å². The quantitative estimate of drug-likeness (QED) is 0.168. The number of hydrogen-bond donors (Lipinski definition) is 2. The molecule has 0 aliphatic carbocycles. The standard InChI is InChI=1S/C26H31N3O11/c1-14(30)40-25(17-7-6-8-27-17)24(31)16-10-21(36-3)22(37-4)11-18(16)28-26(32)39-13-15-9-20(35-2)23(38-5)12-19(15)29(33)34/h9-12,17,25,27H,6-8,13H2,1-5H3,(H,28,32). The molecule has 1 aliphatic rings. The van der Waals surface area contributed by atoms with Crippen LogP contribution in [-0.2, 0) is 20.9 Å². The van der Waals surface area contributed by atoms with E-state index in [-0.39, 0.29) is 45.5 Å². The first-order valence-corrected chi connectivity index (χ1v) is 12.2. The van der Waals surface area contributed by atoms with Gasteiger partial charge in [-0.05, 0) is 31.5 Å². The zero-order valence-electron chi connectivity index (χ0n) is 22.7. The predicted molar refractivity (Wildman–Crippen MR) is 140 cm³/mol. The van der Waals surface area contributed by atoms with Gasteiger partial charge in [0.1, 0.15) is 6.61 Å². The molecule has 1 saturated heterocycles. The number of carbonyl (C=O) groups is 3. The van der Waals surface area contributed by atoms with Crippen LogP contribution in [0.4, 0.5) is 16.2 Å². The van der Waals surface area contributed by atoms with Gasteiger partial charge in [-0.25, -0.2) is 4.79 Å². The summed E-state index contributed by atoms with van der Waals surface area (Å²) < 4.78 is 31.5. The summed E-state index contributed by atoms with van der Waals surface area (Å²) in [6.45, 7) is 1.36. The van der Waals surface area contributed by atoms with Crippen LogP contribution >= 0.6 is 0 Å². The van der Waals surface area contributed by atoms with E-state index < -0.39 is 41.5 Å². The Morgan fingerprint density at radius 2 is 1.60 bits per heavy atom. The van der Waals surface area contributed by atoms with Gasteiger partial charge in [0, 0.05) is 18.6 Å². The molecule has 2 N–H and O–H groups in total. The molecule has 216 valence electrons. The first-order chi connectivity index (χ1) is 19.1. The number of amides is 1. The molecule has 0 radical (unpaired) electrons. The van der Waals surface area contributed by atoms with Crippen LogP contribution < -0.4 is 29.6 Å². The number of anilines is 1. The van der Waals surface area contributed by atoms with Crippen molar-refractivity contribution in [1.29, 1.82) is 0 Å². The van der Waals surface area contributed by atoms with E-state index in [1.54, 1.807) is 0 Å². The molecule has 14 heteroatoms. The van der Waals surface area contributed by atoms with E-state index in [1.807, 2.05) is 0 Å². The Morgan fingerprint density at radius 1 is 1.00 bits per heavy atom. The number of benzene rings is 2. The Kier molecular flexibility index (Phi) is 10.1. The lowest BCUT2D eigenvalue weighted by molar-refractivity contribution is -0.385. The zero-order valence-corrected chi connectivity index (χ0v) is 22.7. The van der Waals surface area contributed by atoms with E-state index in [4.69, 9.17) is 28.4 Å². The maximum atomic E-state index is 13.7. The molecule has 2 aromatic rings. The smallest absolute Gasteiger partial charge is 0.411 e. The second kappa shape index (κ2) is 13.5. The maximum Gasteiger partial charge on any atom is 0.411 e. The molecule has 0 bridgehead atoms. The highest BCUT2D eigenvalue weighted by molar-refractivity contribution is 6.08. The summed E-state index contributed by atoms with van der Waals surface area (Å²) in [4.78, 5) is 49.2. The van der Waals surface area contributed by atoms with Crippen molar-refractivity contribution in [3.8, 4) is 23.0 Å². The molecule has 40 heavy (non-hydrogen) atoms. The largest absolute Gasteiger partial charge is 0.493 e. The lowest BCUT2D eigenvalue weighted by Gasteiger charge is -2.24. The number of hydrogen-bond acceptors (Lipinski definition) is 12. The summed E-state index contributed by atoms with van der Waals surface area (Å²) in [7, 11) is 5.45. The van der Waals surface area contributed by atoms with Crippen molar-refractivity contribution in [2.75, 3.05) is 40.3 Å². The third kappa shape index (κ3) is 6.88. The van der Waals surface area contributed by atoms with Crippen molar-refractivity contribution in [3.05, 3.63) is 45.5 Å². The molecular weight excluding hydrogens is 530 g/mol. The number of ether oxygens (including phenoxy) is 6. The lowest BCUT2D eigenvalue weighted by atomic mass is 9.97. The van der Waals surface area contributed by atoms with Crippen LogP contribution in [0.2, 0.25) is 0 Å². The summed E-state index contributed by atoms with van der Waals surface area (Å²) in [5.41, 5.74) is -0.333. The lowest BCUT2D eigenvalue weighted by Crippen LogP contribution is -2.43. The Morgan fingerprint density at radius 3 is 2.15 bits per heavy atom. The van der Waals surface area contributed by atoms with Gasteiger partial charge in [0.05, 0.1) is 56.7 Å². The van der Waals surface area contributed by atoms with Gasteiger partial charge >= 0.3 is 12.1 Å². The van der Waals surface area contributed by atoms with Crippen LogP contribution in [0.15, 0.2) is 24.3 Å². The second-order valence-corrected chi connectivity index (χ2v) is 8.64. The van der Waals surface area contributed by atoms with Gasteiger partial charge in [-0.1, -0.05) is 0 Å². The van der Waals surface area contributed by atoms with Crippen molar-refractivity contribution in [1.82, 2.24) is 5.32 Å². The van der Waals surface area contributed by atoms with E-state index in [9.17, 15) is 24.5 Å². The minimum atomic E-state index is -1.16. The van der Waals surface area contributed by atoms with Gasteiger partial charge in [-0.3, -0.25) is 25.0 Å². The second-order valence-electron chi connectivity index (χ2n) is 8.64. The number of Topliss-reactive ketones (excluding diaryl/α,β-unsaturated/α-hetero) is 1. The molecule has 2 atom stereocenters. The van der Waals surface area contributed by atoms with Gasteiger partial charge in [-0.15, -0.1) is 0 Å². The van der Waals surface area contributed by atoms with Crippen molar-refractivity contribution >= 4 is 29.2 Å². The average Bonchev–Trinajstić information content (AvgIpc) is 3.48. The number of nitro benzene ring substituents is 1. The topological polar surface area (TPSA) is 174 Å². The van der Waals surface area contributed by atoms with Crippen LogP contribution in [-0.4, -0.2) is 69.9 Å². The van der Waals surface area contributed by atoms with Crippen LogP contribution in [0.5, 0.6) is 23.0 Å². The number of rotatable bonds is 12. The van der Waals surface area contributed by atoms with E-state index in [2.05, 4.69) is 10.6 Å². The van der Waals surface area contributed by atoms with Crippen molar-refractivity contribution in [3.63, 3.8) is 0 Å². The fourth-order valence-electron chi connectivity index (χ4n) is 4.29. The highest BCUT2D eigenvalue weighted by atomic mass is 16.6. The minimum Gasteiger partial charge on any atom is -0.493 e. The first-order valence-electron chi connectivity index (χ1n) is 12.2. The highest BCUT2D eigenvalue weighted by Crippen LogP contribution is 2.36. The summed E-state index contributed by atoms with van der Waals surface area (Å²) in [5, 5.41) is 17.2. The molecular formula is C26H31N3O11. The molecule has 0 saturated carbocycles. The number of methoxy groups -OCH3 is 4. The average molecular weight is 562 g/mol. The molecule has 1 fully saturated rings. The van der Waals surface area contributed by atoms with Gasteiger partial charge in [0.15, 0.2) is 29.1 Å². The zero-order chi connectivity index (χ0) is 29.4. The Balaban J connectivity index is 1.91. The summed E-state index contributed by atoms with van der Waals surface area (Å²) in [6, 6.07) is 4.79. The fraction of sp³-hybridized carbons (Fsp3) is 0.423. The maximum absolute atomic E-state index is 13.7. The SMILES string of the molecule is COc1cc(COC(=O)Nc2cc(OC)c(OC)cc2C(=O)C(OC(C)=O)C2CCCN2)c([N+](=O)[O-])cc1OC. The van der Waals surface area contributed by atoms with Crippen LogP contribution in [0.25, 0.3) is 0 Å². The molecule has 1 amide bonds. The number of nitrogens with zero attached hydrogens (tertiary/aromatic N) is 1. The van der Waals surface area contributed by atoms with Gasteiger partial charge in [-0.2, -0.15) is 0 Å². The van der Waals surface area contributed by atoms with Crippen molar-refractivity contribution in [2.24, 2.45) is 0 Å². The third-order valence-corrected chi connectivity index (χ3v) is 6.18. The predicted octanol–water partition coefficient (Wildman–Crippen LogP) is 3.24. The van der Waals surface area contributed by atoms with E-state index in [0.29, 0.717) is 13.0 Å². The number of nitrogens with one attached hydrogen (secondary N) is 2. The molecule has 1 aliphatic heterocycles. The molecule has 0 aromatic heterocycles. The van der Waals surface area contributed by atoms with Crippen LogP contribution in [0.3, 0.4) is 0 Å². The Hall–Kier alpha value is -4.59. The fourth-order valence-corrected chi connectivity index (χ4v) is 4.29. The minimum absolute atomic E-state index is 0.00962. The molecule has 2 aromatic carbocycles. The van der Waals surface area contributed by atoms with Crippen LogP contribution in [0.1, 0.15) is 35.7 Å². The van der Waals surface area contributed by atoms with E-state index in [0.717, 1.165) is 12.5 Å². The monoisotopic (exact) mass is 561 g/mol. The van der Waals surface area contributed by atoms with E-state index in [1.165, 1.54) is 53.6 Å². The number of esters is 1. The van der Waals surface area contributed by atoms with Crippen molar-refractivity contribution < 1.29 is 47.7 Å². The van der Waals surface area contributed by atoms with Crippen LogP contribution in [0, 0.1) is 10.1 Å². The van der Waals surface area contributed by atoms with Gasteiger partial charge in [0.25, 0.3) is 5.69 Å². The Labute approximate surface area is 230 Å². The number of ketones is 1. The summed E-state index contributed by atoms with van der Waals surface area (Å²) in [5.74, 6) is -0.481. The summed E-state index contributed by atoms with van der Waals surface area (Å²) >= 11 is 0. The van der Waals surface area contributed by atoms with Crippen molar-refractivity contribution in [2.45, 2.75) is 38.5 Å². The summed E-state index contributed by atoms with van der Waals surface area (Å²) in [6.07, 6.45) is -0.787. The van der Waals surface area contributed by atoms with Gasteiger partial charge in [0.2, 0.25) is 5.78 Å². The molecule has 0 spiro atoms. The Bertz CT molecular complexity index is 1280. The third-order valence-electron chi connectivity index (χ3n) is 6.18. The molecule has 14 nitrogen and oxygen atoms in total. The molecule has 2 unspecified atom stereocenters. The normalized spacial score (nSPS) is 15.0. The highest BCUT2D eigenvalue weighted by Gasteiger charge is 2.36. The molecule has 1 heterocycles. The first kappa shape index (κ1) is 30.0. The molecule has 3 rings (SSSR count). The number of carbonyl (C=O) groups excluding carboxylic acids is 3. The van der Waals surface area contributed by atoms with E-state index >= 15 is 0 Å². The number of nitro groups is 1.